The Hall–Kier alpha value is -1.70. The summed E-state index contributed by atoms with van der Waals surface area (Å²) in [6.45, 7) is 1.52. The zero-order valence-electron chi connectivity index (χ0n) is 11.5. The molecule has 6 nitrogen and oxygen atoms in total. The Morgan fingerprint density at radius 1 is 1.38 bits per heavy atom. The van der Waals surface area contributed by atoms with Gasteiger partial charge in [0.05, 0.1) is 11.9 Å². The molecule has 21 heavy (non-hydrogen) atoms. The minimum Gasteiger partial charge on any atom is -0.363 e. The standard InChI is InChI=1S/C13H15ClN6S/c1-15-3-2-8-6-9-11(17-7-10-16-4-5-21-10)19-13(14)20-12(9)18-8/h4-6,15H,2-3,7H2,1H3,(H2,17,18,19,20). The van der Waals surface area contributed by atoms with E-state index in [0.29, 0.717) is 6.54 Å². The van der Waals surface area contributed by atoms with Crippen LogP contribution in [0.15, 0.2) is 17.6 Å². The Morgan fingerprint density at radius 3 is 3.05 bits per heavy atom. The van der Waals surface area contributed by atoms with Crippen molar-refractivity contribution in [1.29, 1.82) is 0 Å². The lowest BCUT2D eigenvalue weighted by atomic mass is 10.3. The highest BCUT2D eigenvalue weighted by Gasteiger charge is 2.10. The van der Waals surface area contributed by atoms with Crippen molar-refractivity contribution >= 4 is 39.8 Å². The number of likely N-dealkylation sites (N-methyl/N-ethyl adjacent to an activating group) is 1. The summed E-state index contributed by atoms with van der Waals surface area (Å²) in [5.74, 6) is 0.729. The minimum absolute atomic E-state index is 0.228. The quantitative estimate of drug-likeness (QED) is 0.608. The van der Waals surface area contributed by atoms with Crippen molar-refractivity contribution in [2.75, 3.05) is 18.9 Å². The topological polar surface area (TPSA) is 78.5 Å². The number of aromatic amines is 1. The van der Waals surface area contributed by atoms with Crippen LogP contribution in [0.2, 0.25) is 5.28 Å². The van der Waals surface area contributed by atoms with Crippen molar-refractivity contribution in [3.05, 3.63) is 33.6 Å². The van der Waals surface area contributed by atoms with Gasteiger partial charge >= 0.3 is 0 Å². The molecule has 0 bridgehead atoms. The van der Waals surface area contributed by atoms with Gasteiger partial charge in [-0.25, -0.2) is 9.97 Å². The Kier molecular flexibility index (Phi) is 4.33. The molecule has 3 rings (SSSR count). The summed E-state index contributed by atoms with van der Waals surface area (Å²) in [6, 6.07) is 2.06. The van der Waals surface area contributed by atoms with Crippen LogP contribution in [0, 0.1) is 0 Å². The van der Waals surface area contributed by atoms with Crippen molar-refractivity contribution < 1.29 is 0 Å². The molecule has 0 atom stereocenters. The van der Waals surface area contributed by atoms with Crippen molar-refractivity contribution in [2.45, 2.75) is 13.0 Å². The molecule has 0 aliphatic rings. The predicted molar refractivity (Wildman–Crippen MR) is 86.0 cm³/mol. The van der Waals surface area contributed by atoms with Gasteiger partial charge in [-0.3, -0.25) is 0 Å². The second kappa shape index (κ2) is 6.38. The van der Waals surface area contributed by atoms with Crippen LogP contribution in [0.5, 0.6) is 0 Å². The molecule has 3 N–H and O–H groups in total. The van der Waals surface area contributed by atoms with Gasteiger partial charge in [-0.15, -0.1) is 11.3 Å². The summed E-state index contributed by atoms with van der Waals surface area (Å²) >= 11 is 7.59. The first-order chi connectivity index (χ1) is 10.3. The van der Waals surface area contributed by atoms with E-state index in [-0.39, 0.29) is 5.28 Å². The average Bonchev–Trinajstić information content (AvgIpc) is 3.11. The van der Waals surface area contributed by atoms with E-state index in [1.54, 1.807) is 17.5 Å². The van der Waals surface area contributed by atoms with Gasteiger partial charge in [-0.2, -0.15) is 4.98 Å². The van der Waals surface area contributed by atoms with Gasteiger partial charge in [0.15, 0.2) is 0 Å². The van der Waals surface area contributed by atoms with Crippen LogP contribution < -0.4 is 10.6 Å². The van der Waals surface area contributed by atoms with Crippen LogP contribution in [0.4, 0.5) is 5.82 Å². The van der Waals surface area contributed by atoms with Crippen LogP contribution in [0.3, 0.4) is 0 Å². The largest absolute Gasteiger partial charge is 0.363 e. The highest BCUT2D eigenvalue weighted by molar-refractivity contribution is 7.09. The number of anilines is 1. The molecule has 0 saturated carbocycles. The van der Waals surface area contributed by atoms with Gasteiger partial charge in [0.25, 0.3) is 0 Å². The van der Waals surface area contributed by atoms with Gasteiger partial charge in [0.1, 0.15) is 16.5 Å². The molecule has 3 heterocycles. The van der Waals surface area contributed by atoms with Gasteiger partial charge < -0.3 is 15.6 Å². The first-order valence-corrected chi connectivity index (χ1v) is 7.84. The van der Waals surface area contributed by atoms with Crippen LogP contribution in [-0.2, 0) is 13.0 Å². The summed E-state index contributed by atoms with van der Waals surface area (Å²) < 4.78 is 0. The van der Waals surface area contributed by atoms with Crippen molar-refractivity contribution in [3.8, 4) is 0 Å². The third-order valence-electron chi connectivity index (χ3n) is 3.05. The number of aromatic nitrogens is 4. The number of halogens is 1. The lowest BCUT2D eigenvalue weighted by Crippen LogP contribution is -2.10. The fourth-order valence-corrected chi connectivity index (χ4v) is 2.79. The smallest absolute Gasteiger partial charge is 0.226 e. The Bertz CT molecular complexity index is 724. The third-order valence-corrected chi connectivity index (χ3v) is 4.00. The highest BCUT2D eigenvalue weighted by atomic mass is 35.5. The monoisotopic (exact) mass is 322 g/mol. The molecule has 0 aromatic carbocycles. The molecule has 0 amide bonds. The molecular weight excluding hydrogens is 308 g/mol. The van der Waals surface area contributed by atoms with E-state index in [0.717, 1.165) is 40.5 Å². The summed E-state index contributed by atoms with van der Waals surface area (Å²) in [5.41, 5.74) is 1.86. The Labute approximate surface area is 131 Å². The van der Waals surface area contributed by atoms with E-state index in [2.05, 4.69) is 36.6 Å². The number of nitrogens with zero attached hydrogens (tertiary/aromatic N) is 3. The lowest BCUT2D eigenvalue weighted by Gasteiger charge is -2.04. The molecule has 0 fully saturated rings. The predicted octanol–water partition coefficient (Wildman–Crippen LogP) is 2.44. The number of H-pyrrole nitrogens is 1. The first kappa shape index (κ1) is 14.2. The van der Waals surface area contributed by atoms with Crippen molar-refractivity contribution in [2.24, 2.45) is 0 Å². The molecule has 0 aliphatic heterocycles. The molecule has 0 unspecified atom stereocenters. The van der Waals surface area contributed by atoms with Crippen LogP contribution >= 0.6 is 22.9 Å². The zero-order chi connectivity index (χ0) is 14.7. The normalized spacial score (nSPS) is 11.1. The molecule has 110 valence electrons. The average molecular weight is 323 g/mol. The number of thiazole rings is 1. The second-order valence-electron chi connectivity index (χ2n) is 4.53. The van der Waals surface area contributed by atoms with E-state index in [1.807, 2.05) is 12.4 Å². The van der Waals surface area contributed by atoms with Gasteiger partial charge in [0, 0.05) is 23.8 Å². The molecule has 0 aliphatic carbocycles. The number of fused-ring (bicyclic) bond motifs is 1. The van der Waals surface area contributed by atoms with E-state index >= 15 is 0 Å². The minimum atomic E-state index is 0.228. The molecular formula is C13H15ClN6S. The maximum Gasteiger partial charge on any atom is 0.226 e. The number of hydrogen-bond donors (Lipinski definition) is 3. The molecule has 0 radical (unpaired) electrons. The molecule has 3 aromatic rings. The van der Waals surface area contributed by atoms with E-state index < -0.39 is 0 Å². The Morgan fingerprint density at radius 2 is 2.29 bits per heavy atom. The first-order valence-electron chi connectivity index (χ1n) is 6.58. The maximum atomic E-state index is 5.99. The van der Waals surface area contributed by atoms with Crippen molar-refractivity contribution in [3.63, 3.8) is 0 Å². The fourth-order valence-electron chi connectivity index (χ4n) is 2.07. The van der Waals surface area contributed by atoms with Crippen LogP contribution in [-0.4, -0.2) is 33.5 Å². The van der Waals surface area contributed by atoms with Gasteiger partial charge in [0.2, 0.25) is 5.28 Å². The number of rotatable bonds is 6. The summed E-state index contributed by atoms with van der Waals surface area (Å²) in [6.07, 6.45) is 2.69. The summed E-state index contributed by atoms with van der Waals surface area (Å²) in [5, 5.41) is 10.5. The SMILES string of the molecule is CNCCc1cc2c(NCc3nccs3)nc(Cl)nc2[nH]1. The number of nitrogens with one attached hydrogen (secondary N) is 3. The molecule has 0 saturated heterocycles. The summed E-state index contributed by atoms with van der Waals surface area (Å²) in [7, 11) is 1.93. The van der Waals surface area contributed by atoms with Gasteiger partial charge in [-0.1, -0.05) is 0 Å². The van der Waals surface area contributed by atoms with Gasteiger partial charge in [-0.05, 0) is 31.1 Å². The lowest BCUT2D eigenvalue weighted by molar-refractivity contribution is 0.781. The van der Waals surface area contributed by atoms with E-state index in [1.165, 1.54) is 0 Å². The van der Waals surface area contributed by atoms with E-state index in [4.69, 9.17) is 11.6 Å². The van der Waals surface area contributed by atoms with Crippen LogP contribution in [0.25, 0.3) is 11.0 Å². The van der Waals surface area contributed by atoms with E-state index in [9.17, 15) is 0 Å². The number of hydrogen-bond acceptors (Lipinski definition) is 6. The summed E-state index contributed by atoms with van der Waals surface area (Å²) in [4.78, 5) is 16.0. The maximum absolute atomic E-state index is 5.99. The Balaban J connectivity index is 1.87. The zero-order valence-corrected chi connectivity index (χ0v) is 13.1. The highest BCUT2D eigenvalue weighted by Crippen LogP contribution is 2.24. The molecule has 0 spiro atoms. The molecule has 8 heteroatoms. The van der Waals surface area contributed by atoms with Crippen LogP contribution in [0.1, 0.15) is 10.7 Å². The third kappa shape index (κ3) is 3.31. The fraction of sp³-hybridized carbons (Fsp3) is 0.308. The van der Waals surface area contributed by atoms with Crippen molar-refractivity contribution in [1.82, 2.24) is 25.3 Å². The second-order valence-corrected chi connectivity index (χ2v) is 5.85. The molecule has 3 aromatic heterocycles.